The fourth-order valence-corrected chi connectivity index (χ4v) is 5.84. The normalized spacial score (nSPS) is 19.4. The lowest BCUT2D eigenvalue weighted by Gasteiger charge is -2.45. The fourth-order valence-electron chi connectivity index (χ4n) is 5.84. The average molecular weight is 488 g/mol. The Morgan fingerprint density at radius 2 is 1.89 bits per heavy atom. The molecule has 36 heavy (non-hydrogen) atoms. The van der Waals surface area contributed by atoms with Gasteiger partial charge >= 0.3 is 0 Å². The molecule has 3 unspecified atom stereocenters. The number of nitrogen functional groups attached to an aromatic ring is 1. The maximum Gasteiger partial charge on any atom is 0.256 e. The molecule has 1 saturated heterocycles. The number of fused-ring (bicyclic) bond motifs is 1. The van der Waals surface area contributed by atoms with Crippen LogP contribution >= 0.6 is 0 Å². The summed E-state index contributed by atoms with van der Waals surface area (Å²) in [6.45, 7) is 6.99. The van der Waals surface area contributed by atoms with Gasteiger partial charge < -0.3 is 15.6 Å². The van der Waals surface area contributed by atoms with Crippen molar-refractivity contribution >= 4 is 22.4 Å². The third-order valence-electron chi connectivity index (χ3n) is 7.79. The Hall–Kier alpha value is -3.12. The van der Waals surface area contributed by atoms with Gasteiger partial charge in [-0.1, -0.05) is 44.4 Å². The second kappa shape index (κ2) is 10.9. The summed E-state index contributed by atoms with van der Waals surface area (Å²) in [6, 6.07) is 15.2. The van der Waals surface area contributed by atoms with E-state index in [0.717, 1.165) is 41.4 Å². The Labute approximate surface area is 215 Å². The van der Waals surface area contributed by atoms with E-state index in [2.05, 4.69) is 67.8 Å². The van der Waals surface area contributed by atoms with Gasteiger partial charge in [-0.25, -0.2) is 0 Å². The summed E-state index contributed by atoms with van der Waals surface area (Å²) in [5.41, 5.74) is 10.9. The number of rotatable bonds is 8. The number of hydrogen-bond donors (Lipinski definition) is 3. The first-order valence-corrected chi connectivity index (χ1v) is 13.3. The van der Waals surface area contributed by atoms with E-state index in [1.807, 2.05) is 18.2 Å². The monoisotopic (exact) mass is 487 g/mol. The predicted molar refractivity (Wildman–Crippen MR) is 152 cm³/mol. The van der Waals surface area contributed by atoms with Crippen molar-refractivity contribution < 1.29 is 0 Å². The second-order valence-electron chi connectivity index (χ2n) is 10.6. The Balaban J connectivity index is 1.96. The number of aromatic amines is 1. The molecule has 1 aromatic heterocycles. The van der Waals surface area contributed by atoms with Gasteiger partial charge in [0, 0.05) is 54.4 Å². The maximum absolute atomic E-state index is 13.3. The predicted octanol–water partition coefficient (Wildman–Crippen LogP) is 6.04. The number of pyridine rings is 1. The van der Waals surface area contributed by atoms with Gasteiger partial charge in [0.1, 0.15) is 5.84 Å². The SMILES string of the molecule is CCCCC(c1cc(N(C)C)cc2[nH]c(=O)c(-c3cccc(C(=N)N)c3)cc12)N1C(C)CCCC1C. The molecule has 6 heteroatoms. The molecule has 192 valence electrons. The average Bonchev–Trinajstić information content (AvgIpc) is 2.84. The molecule has 1 aliphatic rings. The fraction of sp³-hybridized carbons (Fsp3) is 0.467. The molecule has 2 heterocycles. The van der Waals surface area contributed by atoms with Gasteiger partial charge in [0.05, 0.1) is 5.52 Å². The molecule has 0 amide bonds. The minimum absolute atomic E-state index is 0.00177. The molecule has 0 aliphatic carbocycles. The largest absolute Gasteiger partial charge is 0.384 e. The quantitative estimate of drug-likeness (QED) is 0.267. The molecule has 3 atom stereocenters. The van der Waals surface area contributed by atoms with E-state index in [9.17, 15) is 4.79 Å². The van der Waals surface area contributed by atoms with E-state index >= 15 is 0 Å². The van der Waals surface area contributed by atoms with Gasteiger partial charge in [-0.2, -0.15) is 0 Å². The molecule has 4 rings (SSSR count). The van der Waals surface area contributed by atoms with Crippen LogP contribution < -0.4 is 16.2 Å². The highest BCUT2D eigenvalue weighted by molar-refractivity contribution is 5.96. The summed E-state index contributed by atoms with van der Waals surface area (Å²) >= 11 is 0. The van der Waals surface area contributed by atoms with E-state index in [4.69, 9.17) is 11.1 Å². The first-order chi connectivity index (χ1) is 17.2. The highest BCUT2D eigenvalue weighted by atomic mass is 16.1. The van der Waals surface area contributed by atoms with Crippen LogP contribution in [0.4, 0.5) is 5.69 Å². The topological polar surface area (TPSA) is 89.2 Å². The summed E-state index contributed by atoms with van der Waals surface area (Å²) < 4.78 is 0. The van der Waals surface area contributed by atoms with Crippen LogP contribution in [-0.2, 0) is 0 Å². The van der Waals surface area contributed by atoms with Crippen LogP contribution in [0.3, 0.4) is 0 Å². The number of amidine groups is 1. The smallest absolute Gasteiger partial charge is 0.256 e. The lowest BCUT2D eigenvalue weighted by atomic mass is 9.88. The van der Waals surface area contributed by atoms with Gasteiger partial charge in [-0.05, 0) is 68.5 Å². The van der Waals surface area contributed by atoms with Crippen molar-refractivity contribution in [3.63, 3.8) is 0 Å². The van der Waals surface area contributed by atoms with E-state index in [1.54, 1.807) is 6.07 Å². The number of anilines is 1. The minimum atomic E-state index is -0.130. The third-order valence-corrected chi connectivity index (χ3v) is 7.79. The van der Waals surface area contributed by atoms with Crippen molar-refractivity contribution in [1.82, 2.24) is 9.88 Å². The summed E-state index contributed by atoms with van der Waals surface area (Å²) in [5.74, 6) is -0.00177. The molecule has 6 nitrogen and oxygen atoms in total. The van der Waals surface area contributed by atoms with Gasteiger partial charge in [0.25, 0.3) is 5.56 Å². The van der Waals surface area contributed by atoms with Crippen molar-refractivity contribution in [2.45, 2.75) is 77.4 Å². The first kappa shape index (κ1) is 26.0. The summed E-state index contributed by atoms with van der Waals surface area (Å²) in [7, 11) is 4.11. The highest BCUT2D eigenvalue weighted by Crippen LogP contribution is 2.40. The number of nitrogens with zero attached hydrogens (tertiary/aromatic N) is 2. The molecule has 1 fully saturated rings. The van der Waals surface area contributed by atoms with E-state index in [0.29, 0.717) is 23.2 Å². The maximum atomic E-state index is 13.3. The van der Waals surface area contributed by atoms with Crippen LogP contribution in [0, 0.1) is 5.41 Å². The lowest BCUT2D eigenvalue weighted by molar-refractivity contribution is 0.0496. The van der Waals surface area contributed by atoms with Crippen LogP contribution in [0.5, 0.6) is 0 Å². The van der Waals surface area contributed by atoms with Gasteiger partial charge in [-0.15, -0.1) is 0 Å². The number of aromatic nitrogens is 1. The number of hydrogen-bond acceptors (Lipinski definition) is 4. The minimum Gasteiger partial charge on any atom is -0.384 e. The standard InChI is InChI=1S/C30H41N5O/c1-6-7-14-28(35-19(2)10-8-11-20(35)3)26-16-23(34(4)5)17-27-25(26)18-24(30(36)33-27)21-12-9-13-22(15-21)29(31)32/h9,12-13,15-20,28H,6-8,10-11,14H2,1-5H3,(H3,31,32)(H,33,36). The van der Waals surface area contributed by atoms with Crippen molar-refractivity contribution in [3.05, 3.63) is 63.9 Å². The molecule has 0 saturated carbocycles. The number of likely N-dealkylation sites (tertiary alicyclic amines) is 1. The number of unbranched alkanes of at least 4 members (excludes halogenated alkanes) is 1. The molecule has 1 aliphatic heterocycles. The van der Waals surface area contributed by atoms with Gasteiger partial charge in [-0.3, -0.25) is 15.1 Å². The number of nitrogens with two attached hydrogens (primary N) is 1. The number of piperidine rings is 1. The molecule has 4 N–H and O–H groups in total. The van der Waals surface area contributed by atoms with Crippen LogP contribution in [0.15, 0.2) is 47.3 Å². The zero-order valence-corrected chi connectivity index (χ0v) is 22.4. The number of H-pyrrole nitrogens is 1. The van der Waals surface area contributed by atoms with Crippen molar-refractivity contribution in [2.24, 2.45) is 5.73 Å². The molecule has 3 aromatic rings. The van der Waals surface area contributed by atoms with Crippen LogP contribution in [-0.4, -0.2) is 41.9 Å². The van der Waals surface area contributed by atoms with Crippen LogP contribution in [0.25, 0.3) is 22.0 Å². The molecule has 2 aromatic carbocycles. The second-order valence-corrected chi connectivity index (χ2v) is 10.6. The molecular weight excluding hydrogens is 446 g/mol. The molecule has 0 spiro atoms. The zero-order chi connectivity index (χ0) is 26.0. The van der Waals surface area contributed by atoms with E-state index in [1.165, 1.54) is 24.8 Å². The van der Waals surface area contributed by atoms with Crippen molar-refractivity contribution in [3.8, 4) is 11.1 Å². The summed E-state index contributed by atoms with van der Waals surface area (Å²) in [6.07, 6.45) is 7.12. The highest BCUT2D eigenvalue weighted by Gasteiger charge is 2.33. The van der Waals surface area contributed by atoms with E-state index in [-0.39, 0.29) is 17.4 Å². The lowest BCUT2D eigenvalue weighted by Crippen LogP contribution is -2.46. The first-order valence-electron chi connectivity index (χ1n) is 13.3. The Morgan fingerprint density at radius 1 is 1.17 bits per heavy atom. The van der Waals surface area contributed by atoms with E-state index < -0.39 is 0 Å². The number of nitrogens with one attached hydrogen (secondary N) is 2. The van der Waals surface area contributed by atoms with Crippen LogP contribution in [0.1, 0.15) is 76.5 Å². The van der Waals surface area contributed by atoms with Crippen LogP contribution in [0.2, 0.25) is 0 Å². The Kier molecular flexibility index (Phi) is 7.84. The molecular formula is C30H41N5O. The summed E-state index contributed by atoms with van der Waals surface area (Å²) in [5, 5.41) is 8.92. The van der Waals surface area contributed by atoms with Gasteiger partial charge in [0.2, 0.25) is 0 Å². The Bertz CT molecular complexity index is 1280. The van der Waals surface area contributed by atoms with Crippen molar-refractivity contribution in [1.29, 1.82) is 5.41 Å². The third kappa shape index (κ3) is 5.19. The molecule has 0 bridgehead atoms. The number of benzene rings is 2. The zero-order valence-electron chi connectivity index (χ0n) is 22.4. The van der Waals surface area contributed by atoms with Crippen molar-refractivity contribution in [2.75, 3.05) is 19.0 Å². The summed E-state index contributed by atoms with van der Waals surface area (Å²) in [4.78, 5) is 21.3. The Morgan fingerprint density at radius 3 is 2.53 bits per heavy atom. The van der Waals surface area contributed by atoms with Gasteiger partial charge in [0.15, 0.2) is 0 Å². The molecule has 0 radical (unpaired) electrons.